The van der Waals surface area contributed by atoms with Crippen molar-refractivity contribution in [1.82, 2.24) is 9.80 Å². The first-order valence-electron chi connectivity index (χ1n) is 10.4. The molecule has 1 aromatic heterocycles. The van der Waals surface area contributed by atoms with Crippen LogP contribution in [0.5, 0.6) is 0 Å². The van der Waals surface area contributed by atoms with Gasteiger partial charge in [-0.2, -0.15) is 4.57 Å². The minimum Gasteiger partial charge on any atom is -0.342 e. The van der Waals surface area contributed by atoms with Crippen LogP contribution in [0.1, 0.15) is 34.8 Å². The van der Waals surface area contributed by atoms with Crippen LogP contribution < -0.4 is 4.57 Å². The number of hydrogen-bond donors (Lipinski definition) is 0. The van der Waals surface area contributed by atoms with Gasteiger partial charge >= 0.3 is 0 Å². The average Bonchev–Trinajstić information content (AvgIpc) is 2.91. The highest BCUT2D eigenvalue weighted by Gasteiger charge is 2.31. The van der Waals surface area contributed by atoms with Crippen LogP contribution in [0.4, 0.5) is 0 Å². The number of hydrogen-bond acceptors (Lipinski definition) is 4. The van der Waals surface area contributed by atoms with Gasteiger partial charge in [0.25, 0.3) is 5.01 Å². The molecule has 0 spiro atoms. The molecule has 1 aromatic rings. The first kappa shape index (κ1) is 20.2. The molecular weight excluding hydrogens is 384 g/mol. The Bertz CT molecular complexity index is 847. The molecule has 3 aliphatic heterocycles. The molecule has 4 rings (SSSR count). The van der Waals surface area contributed by atoms with Crippen molar-refractivity contribution in [2.45, 2.75) is 32.2 Å². The fourth-order valence-corrected chi connectivity index (χ4v) is 7.20. The van der Waals surface area contributed by atoms with E-state index in [1.165, 1.54) is 59.4 Å². The molecule has 4 heterocycles. The number of aromatic nitrogens is 1. The first-order chi connectivity index (χ1) is 13.3. The van der Waals surface area contributed by atoms with Gasteiger partial charge in [-0.05, 0) is 32.5 Å². The summed E-state index contributed by atoms with van der Waals surface area (Å²) < 4.78 is 3.53. The Labute approximate surface area is 178 Å². The molecule has 3 aliphatic rings. The molecule has 0 saturated heterocycles. The lowest BCUT2D eigenvalue weighted by Gasteiger charge is -2.27. The van der Waals surface area contributed by atoms with Crippen molar-refractivity contribution >= 4 is 29.2 Å². The summed E-state index contributed by atoms with van der Waals surface area (Å²) in [5.74, 6) is 0. The highest BCUT2D eigenvalue weighted by molar-refractivity contribution is 8.07. The van der Waals surface area contributed by atoms with Gasteiger partial charge in [-0.1, -0.05) is 29.2 Å². The number of thiazole rings is 1. The van der Waals surface area contributed by atoms with Crippen LogP contribution in [0.3, 0.4) is 0 Å². The van der Waals surface area contributed by atoms with E-state index in [4.69, 9.17) is 0 Å². The van der Waals surface area contributed by atoms with E-state index in [0.717, 1.165) is 17.6 Å². The zero-order chi connectivity index (χ0) is 19.9. The fraction of sp³-hybridized carbons (Fsp3) is 0.591. The number of allylic oxidation sites excluding steroid dienone is 3. The van der Waals surface area contributed by atoms with Gasteiger partial charge in [0, 0.05) is 43.1 Å². The zero-order valence-corrected chi connectivity index (χ0v) is 19.6. The molecule has 0 unspecified atom stereocenters. The molecule has 4 nitrogen and oxygen atoms in total. The van der Waals surface area contributed by atoms with Gasteiger partial charge < -0.3 is 14.3 Å². The van der Waals surface area contributed by atoms with Crippen LogP contribution in [0.2, 0.25) is 0 Å². The van der Waals surface area contributed by atoms with Gasteiger partial charge in [0.15, 0.2) is 0 Å². The molecule has 0 N–H and O–H groups in total. The third-order valence-electron chi connectivity index (χ3n) is 6.16. The Kier molecular flexibility index (Phi) is 5.76. The van der Waals surface area contributed by atoms with E-state index < -0.39 is 0 Å². The molecule has 152 valence electrons. The summed E-state index contributed by atoms with van der Waals surface area (Å²) >= 11 is 3.93. The Hall–Kier alpha value is -1.08. The molecule has 0 saturated carbocycles. The average molecular weight is 419 g/mol. The summed E-state index contributed by atoms with van der Waals surface area (Å²) in [5.41, 5.74) is 3.08. The highest BCUT2D eigenvalue weighted by Crippen LogP contribution is 2.43. The molecule has 0 aromatic carbocycles. The largest absolute Gasteiger partial charge is 0.342 e. The topological polar surface area (TPSA) is 10.4 Å². The normalized spacial score (nSPS) is 24.6. The van der Waals surface area contributed by atoms with E-state index in [1.54, 1.807) is 10.6 Å². The van der Waals surface area contributed by atoms with E-state index >= 15 is 0 Å². The van der Waals surface area contributed by atoms with E-state index in [-0.39, 0.29) is 0 Å². The fourth-order valence-electron chi connectivity index (χ4n) is 4.50. The van der Waals surface area contributed by atoms with Crippen LogP contribution in [0, 0.1) is 0 Å². The second-order valence-electron chi connectivity index (χ2n) is 9.03. The predicted molar refractivity (Wildman–Crippen MR) is 121 cm³/mol. The van der Waals surface area contributed by atoms with E-state index in [9.17, 15) is 0 Å². The maximum Gasteiger partial charge on any atom is 0.262 e. The first-order valence-corrected chi connectivity index (χ1v) is 12.0. The van der Waals surface area contributed by atoms with Gasteiger partial charge in [-0.25, -0.2) is 0 Å². The van der Waals surface area contributed by atoms with Crippen LogP contribution in [-0.2, 0) is 20.0 Å². The molecule has 0 radical (unpaired) electrons. The minimum absolute atomic E-state index is 1.09. The quantitative estimate of drug-likeness (QED) is 0.537. The highest BCUT2D eigenvalue weighted by atomic mass is 32.2. The van der Waals surface area contributed by atoms with Gasteiger partial charge in [0.1, 0.15) is 18.5 Å². The Morgan fingerprint density at radius 1 is 1.14 bits per heavy atom. The summed E-state index contributed by atoms with van der Waals surface area (Å²) in [6, 6.07) is 0. The number of rotatable bonds is 2. The van der Waals surface area contributed by atoms with Crippen molar-refractivity contribution in [3.63, 3.8) is 0 Å². The summed E-state index contributed by atoms with van der Waals surface area (Å²) in [5, 5.41) is 2.72. The Balaban J connectivity index is 1.50. The molecular formula is C22H34N4S2+2. The maximum atomic E-state index is 2.45. The summed E-state index contributed by atoms with van der Waals surface area (Å²) in [4.78, 5) is 7.96. The van der Waals surface area contributed by atoms with Crippen LogP contribution in [0.15, 0.2) is 27.8 Å². The summed E-state index contributed by atoms with van der Waals surface area (Å²) in [7, 11) is 11.4. The number of quaternary nitrogens is 1. The van der Waals surface area contributed by atoms with Gasteiger partial charge in [-0.3, -0.25) is 0 Å². The van der Waals surface area contributed by atoms with Crippen molar-refractivity contribution in [3.8, 4) is 0 Å². The lowest BCUT2D eigenvalue weighted by molar-refractivity contribution is -0.902. The second-order valence-corrected chi connectivity index (χ2v) is 11.3. The second kappa shape index (κ2) is 7.98. The predicted octanol–water partition coefficient (Wildman–Crippen LogP) is 3.57. The van der Waals surface area contributed by atoms with Gasteiger partial charge in [-0.15, -0.1) is 0 Å². The molecule has 0 bridgehead atoms. The van der Waals surface area contributed by atoms with Crippen molar-refractivity contribution in [1.29, 1.82) is 0 Å². The third kappa shape index (κ3) is 4.11. The summed E-state index contributed by atoms with van der Waals surface area (Å²) in [6.07, 6.45) is 11.8. The number of fused-ring (bicyclic) bond motifs is 1. The molecule has 0 atom stereocenters. The molecule has 6 heteroatoms. The monoisotopic (exact) mass is 418 g/mol. The van der Waals surface area contributed by atoms with E-state index in [0.29, 0.717) is 0 Å². The van der Waals surface area contributed by atoms with E-state index in [1.807, 2.05) is 23.1 Å². The molecule has 0 aliphatic carbocycles. The number of nitrogens with zero attached hydrogens (tertiary/aromatic N) is 4. The van der Waals surface area contributed by atoms with Gasteiger partial charge in [0.2, 0.25) is 5.69 Å². The van der Waals surface area contributed by atoms with Crippen molar-refractivity contribution < 1.29 is 9.05 Å². The zero-order valence-electron chi connectivity index (χ0n) is 18.0. The SMILES string of the molecule is CN1CCCC2=C(C1)SC(=CC=Cc1sc3c([n+]1C)CCC[N+](C)(C)C3)N2C. The van der Waals surface area contributed by atoms with Gasteiger partial charge in [0.05, 0.1) is 25.7 Å². The smallest absolute Gasteiger partial charge is 0.262 e. The van der Waals surface area contributed by atoms with E-state index in [2.05, 4.69) is 67.8 Å². The Morgan fingerprint density at radius 3 is 2.79 bits per heavy atom. The van der Waals surface area contributed by atoms with Crippen molar-refractivity contribution in [2.24, 2.45) is 7.05 Å². The minimum atomic E-state index is 1.09. The third-order valence-corrected chi connectivity index (χ3v) is 8.62. The maximum absolute atomic E-state index is 2.45. The number of thioether (sulfide) groups is 1. The molecule has 0 fully saturated rings. The van der Waals surface area contributed by atoms with Crippen LogP contribution >= 0.6 is 23.1 Å². The lowest BCUT2D eigenvalue weighted by Crippen LogP contribution is -2.38. The van der Waals surface area contributed by atoms with Crippen molar-refractivity contribution in [3.05, 3.63) is 43.4 Å². The standard InChI is InChI=1S/C22H34N4S2/c1-23-13-7-9-17-19(15-23)27-21(24(17)2)11-6-12-22-25(3)18-10-8-14-26(4,5)16-20(18)28-22/h6,11-12H,7-10,13-16H2,1-5H3/q+2. The van der Waals surface area contributed by atoms with Crippen molar-refractivity contribution in [2.75, 3.05) is 47.8 Å². The lowest BCUT2D eigenvalue weighted by atomic mass is 10.2. The number of likely N-dealkylation sites (N-methyl/N-ethyl adjacent to an activating group) is 1. The Morgan fingerprint density at radius 2 is 1.96 bits per heavy atom. The summed E-state index contributed by atoms with van der Waals surface area (Å²) in [6.45, 7) is 4.72. The van der Waals surface area contributed by atoms with Crippen LogP contribution in [0.25, 0.3) is 6.08 Å². The molecule has 28 heavy (non-hydrogen) atoms. The molecule has 0 amide bonds. The van der Waals surface area contributed by atoms with Crippen LogP contribution in [-0.4, -0.2) is 62.1 Å².